The summed E-state index contributed by atoms with van der Waals surface area (Å²) in [5.41, 5.74) is -0.333. The summed E-state index contributed by atoms with van der Waals surface area (Å²) in [5, 5.41) is 0.514. The van der Waals surface area contributed by atoms with Gasteiger partial charge in [-0.1, -0.05) is 17.7 Å². The van der Waals surface area contributed by atoms with Crippen LogP contribution < -0.4 is 4.74 Å². The van der Waals surface area contributed by atoms with Crippen molar-refractivity contribution in [1.82, 2.24) is 4.31 Å². The minimum Gasteiger partial charge on any atom is -0.426 e. The molecule has 1 aliphatic heterocycles. The topological polar surface area (TPSA) is 63.7 Å². The molecule has 3 rings (SSSR count). The Morgan fingerprint density at radius 1 is 1.13 bits per heavy atom. The molecule has 1 aliphatic rings. The second-order valence-corrected chi connectivity index (χ2v) is 9.41. The first-order chi connectivity index (χ1) is 14.0. The molecule has 162 valence electrons. The Balaban J connectivity index is 1.66. The zero-order valence-corrected chi connectivity index (χ0v) is 17.5. The Kier molecular flexibility index (Phi) is 6.45. The van der Waals surface area contributed by atoms with Gasteiger partial charge in [0, 0.05) is 18.1 Å². The Morgan fingerprint density at radius 2 is 1.80 bits per heavy atom. The van der Waals surface area contributed by atoms with Crippen molar-refractivity contribution in [3.63, 3.8) is 0 Å². The highest BCUT2D eigenvalue weighted by molar-refractivity contribution is 7.89. The number of ether oxygens (including phenoxy) is 1. The Morgan fingerprint density at radius 3 is 2.40 bits per heavy atom. The minimum absolute atomic E-state index is 0.0119. The molecule has 0 unspecified atom stereocenters. The number of hydrogen-bond acceptors (Lipinski definition) is 4. The first kappa shape index (κ1) is 22.6. The first-order valence-corrected chi connectivity index (χ1v) is 11.0. The van der Waals surface area contributed by atoms with Crippen LogP contribution in [0.2, 0.25) is 5.02 Å². The molecule has 0 aliphatic carbocycles. The molecule has 0 spiro atoms. The van der Waals surface area contributed by atoms with E-state index in [0.29, 0.717) is 22.4 Å². The average molecular weight is 462 g/mol. The van der Waals surface area contributed by atoms with Crippen molar-refractivity contribution >= 4 is 27.6 Å². The molecule has 0 N–H and O–H groups in total. The van der Waals surface area contributed by atoms with E-state index in [1.807, 2.05) is 0 Å². The smallest absolute Gasteiger partial charge is 0.416 e. The van der Waals surface area contributed by atoms with Crippen molar-refractivity contribution in [2.45, 2.75) is 30.8 Å². The van der Waals surface area contributed by atoms with E-state index in [9.17, 15) is 26.4 Å². The molecule has 0 saturated carbocycles. The zero-order valence-electron chi connectivity index (χ0n) is 15.9. The van der Waals surface area contributed by atoms with Gasteiger partial charge in [0.15, 0.2) is 0 Å². The lowest BCUT2D eigenvalue weighted by molar-refractivity contribution is -0.140. The Hall–Kier alpha value is -2.10. The van der Waals surface area contributed by atoms with E-state index in [0.717, 1.165) is 22.5 Å². The molecule has 0 bridgehead atoms. The van der Waals surface area contributed by atoms with Gasteiger partial charge in [0.25, 0.3) is 0 Å². The van der Waals surface area contributed by atoms with Gasteiger partial charge in [-0.3, -0.25) is 4.79 Å². The van der Waals surface area contributed by atoms with Crippen molar-refractivity contribution in [3.05, 3.63) is 58.6 Å². The van der Waals surface area contributed by atoms with E-state index in [1.54, 1.807) is 25.1 Å². The lowest BCUT2D eigenvalue weighted by Crippen LogP contribution is -2.41. The van der Waals surface area contributed by atoms with E-state index in [4.69, 9.17) is 16.3 Å². The number of nitrogens with zero attached hydrogens (tertiary/aromatic N) is 1. The molecule has 2 aromatic carbocycles. The van der Waals surface area contributed by atoms with Gasteiger partial charge < -0.3 is 4.74 Å². The fourth-order valence-electron chi connectivity index (χ4n) is 3.23. The van der Waals surface area contributed by atoms with Gasteiger partial charge in [0.1, 0.15) is 5.75 Å². The number of hydrogen-bond donors (Lipinski definition) is 0. The highest BCUT2D eigenvalue weighted by atomic mass is 35.5. The van der Waals surface area contributed by atoms with Crippen LogP contribution in [-0.2, 0) is 21.0 Å². The first-order valence-electron chi connectivity index (χ1n) is 9.14. The quantitative estimate of drug-likeness (QED) is 0.490. The standard InChI is InChI=1S/C20H19ClF3NO4S/c1-13-11-16(21)5-6-18(13)29-19(26)14-7-9-25(10-8-14)30(27,28)17-4-2-3-15(12-17)20(22,23)24/h2-6,11-12,14H,7-10H2,1H3. The summed E-state index contributed by atoms with van der Waals surface area (Å²) in [4.78, 5) is 12.0. The van der Waals surface area contributed by atoms with Crippen LogP contribution >= 0.6 is 11.6 Å². The summed E-state index contributed by atoms with van der Waals surface area (Å²) in [7, 11) is -4.10. The van der Waals surface area contributed by atoms with Gasteiger partial charge in [-0.15, -0.1) is 0 Å². The van der Waals surface area contributed by atoms with Crippen molar-refractivity contribution in [2.75, 3.05) is 13.1 Å². The SMILES string of the molecule is Cc1cc(Cl)ccc1OC(=O)C1CCN(S(=O)(=O)c2cccc(C(F)(F)F)c2)CC1. The van der Waals surface area contributed by atoms with E-state index in [1.165, 1.54) is 0 Å². The van der Waals surface area contributed by atoms with Crippen molar-refractivity contribution in [1.29, 1.82) is 0 Å². The van der Waals surface area contributed by atoms with E-state index >= 15 is 0 Å². The molecule has 5 nitrogen and oxygen atoms in total. The lowest BCUT2D eigenvalue weighted by atomic mass is 9.98. The number of benzene rings is 2. The van der Waals surface area contributed by atoms with Gasteiger partial charge in [-0.05, 0) is 61.7 Å². The van der Waals surface area contributed by atoms with Crippen molar-refractivity contribution in [2.24, 2.45) is 5.92 Å². The van der Waals surface area contributed by atoms with Crippen LogP contribution in [-0.4, -0.2) is 31.8 Å². The molecule has 0 atom stereocenters. The van der Waals surface area contributed by atoms with Crippen molar-refractivity contribution < 1.29 is 31.1 Å². The summed E-state index contributed by atoms with van der Waals surface area (Å²) >= 11 is 5.88. The number of halogens is 4. The maximum atomic E-state index is 12.9. The number of piperidine rings is 1. The largest absolute Gasteiger partial charge is 0.426 e. The predicted octanol–water partition coefficient (Wildman–Crippen LogP) is 4.67. The summed E-state index contributed by atoms with van der Waals surface area (Å²) in [6.45, 7) is 1.77. The molecule has 1 heterocycles. The van der Waals surface area contributed by atoms with E-state index in [2.05, 4.69) is 0 Å². The molecule has 0 radical (unpaired) electrons. The maximum Gasteiger partial charge on any atom is 0.416 e. The van der Waals surface area contributed by atoms with E-state index < -0.39 is 38.5 Å². The van der Waals surface area contributed by atoms with Gasteiger partial charge in [-0.25, -0.2) is 8.42 Å². The molecule has 0 aromatic heterocycles. The number of aryl methyl sites for hydroxylation is 1. The van der Waals surface area contributed by atoms with Gasteiger partial charge >= 0.3 is 12.1 Å². The third-order valence-electron chi connectivity index (χ3n) is 4.93. The monoisotopic (exact) mass is 461 g/mol. The average Bonchev–Trinajstić information content (AvgIpc) is 2.69. The van der Waals surface area contributed by atoms with Gasteiger partial charge in [0.05, 0.1) is 16.4 Å². The summed E-state index contributed by atoms with van der Waals surface area (Å²) in [5.74, 6) is -0.604. The zero-order chi connectivity index (χ0) is 22.1. The van der Waals surface area contributed by atoms with Crippen LogP contribution in [0.1, 0.15) is 24.0 Å². The van der Waals surface area contributed by atoms with Crippen LogP contribution in [0.5, 0.6) is 5.75 Å². The second-order valence-electron chi connectivity index (χ2n) is 7.03. The van der Waals surface area contributed by atoms with Crippen LogP contribution in [0.3, 0.4) is 0 Å². The molecule has 10 heteroatoms. The number of esters is 1. The lowest BCUT2D eigenvalue weighted by Gasteiger charge is -2.30. The number of alkyl halides is 3. The highest BCUT2D eigenvalue weighted by Gasteiger charge is 2.35. The predicted molar refractivity (Wildman–Crippen MR) is 105 cm³/mol. The Labute approximate surface area is 177 Å². The van der Waals surface area contributed by atoms with Crippen molar-refractivity contribution in [3.8, 4) is 5.75 Å². The molecule has 30 heavy (non-hydrogen) atoms. The fraction of sp³-hybridized carbons (Fsp3) is 0.350. The number of rotatable bonds is 4. The van der Waals surface area contributed by atoms with Gasteiger partial charge in [0.2, 0.25) is 10.0 Å². The van der Waals surface area contributed by atoms with Crippen LogP contribution in [0.25, 0.3) is 0 Å². The highest BCUT2D eigenvalue weighted by Crippen LogP contribution is 2.32. The molecular formula is C20H19ClF3NO4S. The third-order valence-corrected chi connectivity index (χ3v) is 7.06. The maximum absolute atomic E-state index is 12.9. The molecule has 1 fully saturated rings. The van der Waals surface area contributed by atoms with Crippen LogP contribution in [0.15, 0.2) is 47.4 Å². The fourth-order valence-corrected chi connectivity index (χ4v) is 4.98. The number of sulfonamides is 1. The molecule has 2 aromatic rings. The molecular weight excluding hydrogens is 443 g/mol. The summed E-state index contributed by atoms with van der Waals surface area (Å²) in [6, 6.07) is 8.49. The van der Waals surface area contributed by atoms with E-state index in [-0.39, 0.29) is 25.9 Å². The Bertz CT molecular complexity index is 1050. The number of carbonyl (C=O) groups is 1. The second kappa shape index (κ2) is 8.56. The summed E-state index contributed by atoms with van der Waals surface area (Å²) in [6.07, 6.45) is -4.21. The molecule has 1 saturated heterocycles. The van der Waals surface area contributed by atoms with Gasteiger partial charge in [-0.2, -0.15) is 17.5 Å². The normalized spacial score (nSPS) is 16.4. The van der Waals surface area contributed by atoms with Crippen LogP contribution in [0.4, 0.5) is 13.2 Å². The molecule has 0 amide bonds. The minimum atomic E-state index is -4.64. The van der Waals surface area contributed by atoms with Crippen LogP contribution in [0, 0.1) is 12.8 Å². The number of carbonyl (C=O) groups excluding carboxylic acids is 1. The third kappa shape index (κ3) is 4.96. The summed E-state index contributed by atoms with van der Waals surface area (Å²) < 4.78 is 70.7.